The Kier molecular flexibility index (Phi) is 27.6. The predicted octanol–water partition coefficient (Wildman–Crippen LogP) is 0.415. The first-order valence-electron chi connectivity index (χ1n) is 31.3. The molecule has 90 heavy (non-hydrogen) atoms. The Labute approximate surface area is 524 Å². The second kappa shape index (κ2) is 35.6. The number of unbranched alkanes of at least 4 members (excludes halogenated alkanes) is 2. The van der Waals surface area contributed by atoms with Gasteiger partial charge in [0.2, 0.25) is 59.1 Å². The highest BCUT2D eigenvalue weighted by molar-refractivity contribution is 6.00. The van der Waals surface area contributed by atoms with Crippen LogP contribution in [0.5, 0.6) is 0 Å². The van der Waals surface area contributed by atoms with E-state index in [-0.39, 0.29) is 95.8 Å². The van der Waals surface area contributed by atoms with Crippen LogP contribution in [0.3, 0.4) is 0 Å². The van der Waals surface area contributed by atoms with Crippen LogP contribution in [-0.4, -0.2) is 162 Å². The van der Waals surface area contributed by atoms with Crippen molar-refractivity contribution in [3.8, 4) is 0 Å². The Morgan fingerprint density at radius 2 is 1.34 bits per heavy atom. The number of carbonyl (C=O) groups is 10. The quantitative estimate of drug-likeness (QED) is 0.0288. The summed E-state index contributed by atoms with van der Waals surface area (Å²) in [4.78, 5) is 156. The van der Waals surface area contributed by atoms with Gasteiger partial charge in [-0.1, -0.05) is 87.4 Å². The summed E-state index contributed by atoms with van der Waals surface area (Å²) in [5.41, 5.74) is 25.3. The number of benzene rings is 3. The second-order valence-corrected chi connectivity index (χ2v) is 23.0. The van der Waals surface area contributed by atoms with Crippen LogP contribution in [0.1, 0.15) is 128 Å². The lowest BCUT2D eigenvalue weighted by molar-refractivity contribution is -0.143. The van der Waals surface area contributed by atoms with E-state index in [1.807, 2.05) is 74.5 Å². The van der Waals surface area contributed by atoms with Gasteiger partial charge in [-0.15, -0.1) is 0 Å². The Bertz CT molecular complexity index is 3200. The molecular weight excluding hydrogens is 1150 g/mol. The Morgan fingerprint density at radius 1 is 0.678 bits per heavy atom. The van der Waals surface area contributed by atoms with Gasteiger partial charge in [0, 0.05) is 69.6 Å². The van der Waals surface area contributed by atoms with Gasteiger partial charge in [0.25, 0.3) is 0 Å². The number of aromatic nitrogens is 1. The number of H-pyrrole nitrogens is 1. The average molecular weight is 1250 g/mol. The molecule has 27 heteroatoms. The minimum Gasteiger partial charge on any atom is -0.370 e. The smallest absolute Gasteiger partial charge is 0.246 e. The molecule has 18 N–H and O–H groups in total. The van der Waals surface area contributed by atoms with Crippen LogP contribution in [0.15, 0.2) is 82.9 Å². The van der Waals surface area contributed by atoms with Crippen LogP contribution in [0.2, 0.25) is 0 Å². The average Bonchev–Trinajstić information content (AvgIpc) is 1.93. The highest BCUT2D eigenvalue weighted by Gasteiger charge is 2.41. The number of carbonyl (C=O) groups excluding carboxylic acids is 10. The van der Waals surface area contributed by atoms with E-state index in [2.05, 4.69) is 62.8 Å². The third-order valence-electron chi connectivity index (χ3n) is 15.8. The fourth-order valence-electron chi connectivity index (χ4n) is 11.1. The Hall–Kier alpha value is -9.30. The molecule has 3 heterocycles. The standard InChI is InChI=1S/C63H91N17O10/c1-4-6-20-46(73-38(3)81)55(84)79-51-36-53(82)68-29-13-11-22-45(54(64)83)74-56(85)47(23-12-14-30-71-63(67)70-28-5-2)75-59(88)50(35-42-37-72-44-21-10-9-19-43(42)44)77-57(86)48(24-15-31-69-62(65)66)76-58(87)49(78-60(89)52-25-16-32-80(52)61(51)90)34-39-26-27-40-17-7-8-18-41(40)33-39/h7-10,17-19,21,26-27,33,37,45-52,72H,4-6,11-16,20,22-25,28-32,34-36H2,1-3H3,(H2,64,83)(H,68,82)(H,73,81)(H,74,85)(H,75,88)(H,76,87)(H,77,86)(H,78,89)(H,79,84)(H4,65,66,69)(H3,67,70,71)/t45-,46-,47-,48-,49+,50-,51-,52-/m0/s1. The first-order valence-corrected chi connectivity index (χ1v) is 31.3. The highest BCUT2D eigenvalue weighted by atomic mass is 16.2. The topological polar surface area (TPSA) is 427 Å². The summed E-state index contributed by atoms with van der Waals surface area (Å²) in [5.74, 6) is -7.28. The van der Waals surface area contributed by atoms with Gasteiger partial charge in [-0.25, -0.2) is 0 Å². The summed E-state index contributed by atoms with van der Waals surface area (Å²) >= 11 is 0. The fraction of sp³-hybridized carbons (Fsp3) is 0.524. The number of nitrogens with one attached hydrogen (secondary N) is 10. The second-order valence-electron chi connectivity index (χ2n) is 23.0. The molecule has 8 atom stereocenters. The summed E-state index contributed by atoms with van der Waals surface area (Å²) in [7, 11) is 0. The number of nitrogens with zero attached hydrogens (tertiary/aromatic N) is 3. The van der Waals surface area contributed by atoms with Crippen molar-refractivity contribution < 1.29 is 47.9 Å². The number of nitrogens with two attached hydrogens (primary N) is 4. The van der Waals surface area contributed by atoms with Crippen molar-refractivity contribution in [2.45, 2.75) is 178 Å². The number of guanidine groups is 2. The van der Waals surface area contributed by atoms with Crippen LogP contribution in [0.4, 0.5) is 0 Å². The summed E-state index contributed by atoms with van der Waals surface area (Å²) in [5, 5.41) is 27.8. The molecule has 0 unspecified atom stereocenters. The number of para-hydroxylation sites is 1. The summed E-state index contributed by atoms with van der Waals surface area (Å²) in [6, 6.07) is 9.98. The summed E-state index contributed by atoms with van der Waals surface area (Å²) in [6.07, 6.45) is 5.16. The van der Waals surface area contributed by atoms with E-state index < -0.39 is 114 Å². The van der Waals surface area contributed by atoms with Gasteiger partial charge in [-0.2, -0.15) is 0 Å². The van der Waals surface area contributed by atoms with E-state index in [1.54, 1.807) is 12.3 Å². The first-order chi connectivity index (χ1) is 43.2. The van der Waals surface area contributed by atoms with E-state index in [9.17, 15) is 33.6 Å². The molecule has 10 amide bonds. The maximum atomic E-state index is 15.1. The van der Waals surface area contributed by atoms with Gasteiger partial charge in [0.05, 0.1) is 6.42 Å². The molecule has 0 spiro atoms. The maximum Gasteiger partial charge on any atom is 0.246 e. The third kappa shape index (κ3) is 21.8. The zero-order valence-electron chi connectivity index (χ0n) is 51.8. The third-order valence-corrected chi connectivity index (χ3v) is 15.8. The van der Waals surface area contributed by atoms with Crippen LogP contribution in [-0.2, 0) is 60.8 Å². The molecule has 0 bridgehead atoms. The van der Waals surface area contributed by atoms with Crippen molar-refractivity contribution in [1.29, 1.82) is 0 Å². The first kappa shape index (κ1) is 69.8. The number of hydrogen-bond acceptors (Lipinski definition) is 12. The fourth-order valence-corrected chi connectivity index (χ4v) is 11.1. The molecule has 2 aliphatic heterocycles. The number of aliphatic imine (C=N–C) groups is 2. The molecule has 2 saturated heterocycles. The van der Waals surface area contributed by atoms with E-state index in [1.165, 1.54) is 11.8 Å². The largest absolute Gasteiger partial charge is 0.370 e. The molecule has 2 fully saturated rings. The lowest BCUT2D eigenvalue weighted by atomic mass is 9.99. The van der Waals surface area contributed by atoms with Crippen molar-refractivity contribution in [2.24, 2.45) is 32.9 Å². The van der Waals surface area contributed by atoms with Crippen LogP contribution in [0.25, 0.3) is 21.7 Å². The molecule has 2 aliphatic rings. The van der Waals surface area contributed by atoms with Crippen LogP contribution < -0.4 is 70.8 Å². The van der Waals surface area contributed by atoms with E-state index in [0.29, 0.717) is 56.3 Å². The minimum atomic E-state index is -1.52. The molecule has 27 nitrogen and oxygen atoms in total. The van der Waals surface area contributed by atoms with Crippen molar-refractivity contribution >= 4 is 92.7 Å². The molecule has 0 aliphatic carbocycles. The number of amides is 10. The van der Waals surface area contributed by atoms with Gasteiger partial charge < -0.3 is 80.7 Å². The van der Waals surface area contributed by atoms with Crippen molar-refractivity contribution in [1.82, 2.24) is 57.7 Å². The maximum absolute atomic E-state index is 15.1. The zero-order chi connectivity index (χ0) is 65.1. The molecule has 0 radical (unpaired) electrons. The zero-order valence-corrected chi connectivity index (χ0v) is 51.8. The molecular formula is C63H91N17O10. The monoisotopic (exact) mass is 1250 g/mol. The van der Waals surface area contributed by atoms with E-state index >= 15 is 14.4 Å². The van der Waals surface area contributed by atoms with Gasteiger partial charge in [0.15, 0.2) is 11.9 Å². The molecule has 3 aromatic carbocycles. The van der Waals surface area contributed by atoms with E-state index in [0.717, 1.165) is 28.1 Å². The Morgan fingerprint density at radius 3 is 2.06 bits per heavy atom. The number of aromatic amines is 1. The lowest BCUT2D eigenvalue weighted by Gasteiger charge is -2.31. The SMILES string of the molecule is CCCC[C@H](NC(C)=O)C(=O)N[C@H]1CC(=O)NCCCC[C@@H](C(N)=O)NC(=O)[C@H](CCCCNC(N)=NCCC)NC(=O)[C@H](Cc2c[nH]c3ccccc23)NC(=O)[C@H](CCCN=C(N)N)NC(=O)[C@@H](Cc2ccc3ccccc3c2)NC(=O)[C@@H]2CCCN2C1=O. The van der Waals surface area contributed by atoms with Gasteiger partial charge in [-0.05, 0) is 105 Å². The molecule has 0 saturated carbocycles. The van der Waals surface area contributed by atoms with Crippen LogP contribution in [0, 0.1) is 0 Å². The van der Waals surface area contributed by atoms with Gasteiger partial charge >= 0.3 is 0 Å². The van der Waals surface area contributed by atoms with Crippen molar-refractivity contribution in [3.63, 3.8) is 0 Å². The lowest BCUT2D eigenvalue weighted by Crippen LogP contribution is -2.60. The molecule has 488 valence electrons. The minimum absolute atomic E-state index is 0.0223. The van der Waals surface area contributed by atoms with Gasteiger partial charge in [0.1, 0.15) is 48.3 Å². The highest BCUT2D eigenvalue weighted by Crippen LogP contribution is 2.23. The van der Waals surface area contributed by atoms with Crippen molar-refractivity contribution in [2.75, 3.05) is 32.7 Å². The number of fused-ring (bicyclic) bond motifs is 3. The number of rotatable bonds is 22. The van der Waals surface area contributed by atoms with Crippen molar-refractivity contribution in [3.05, 3.63) is 84.1 Å². The normalized spacial score (nSPS) is 21.8. The van der Waals surface area contributed by atoms with Gasteiger partial charge in [-0.3, -0.25) is 57.9 Å². The number of hydrogen-bond donors (Lipinski definition) is 14. The van der Waals surface area contributed by atoms with Crippen LogP contribution >= 0.6 is 0 Å². The summed E-state index contributed by atoms with van der Waals surface area (Å²) < 4.78 is 0. The molecule has 4 aromatic rings. The van der Waals surface area contributed by atoms with E-state index in [4.69, 9.17) is 22.9 Å². The summed E-state index contributed by atoms with van der Waals surface area (Å²) in [6.45, 7) is 6.17. The molecule has 6 rings (SSSR count). The Balaban J connectivity index is 1.41. The predicted molar refractivity (Wildman–Crippen MR) is 342 cm³/mol. The molecule has 1 aromatic heterocycles. The number of primary amides is 1.